The summed E-state index contributed by atoms with van der Waals surface area (Å²) in [4.78, 5) is 22.7. The molecule has 0 aromatic heterocycles. The van der Waals surface area contributed by atoms with Crippen LogP contribution in [-0.2, 0) is 9.53 Å². The first kappa shape index (κ1) is 13.9. The maximum atomic E-state index is 11.5. The van der Waals surface area contributed by atoms with Gasteiger partial charge in [0.1, 0.15) is 5.60 Å². The quantitative estimate of drug-likeness (QED) is 0.599. The van der Waals surface area contributed by atoms with E-state index in [1.807, 2.05) is 0 Å². The Morgan fingerprint density at radius 2 is 2.12 bits per heavy atom. The SMILES string of the molecule is CC(C)(C)OC(=O)N[C@@H]1CC(N)C(=O)C[C@H]1O. The van der Waals surface area contributed by atoms with Crippen LogP contribution in [0.5, 0.6) is 0 Å². The monoisotopic (exact) mass is 244 g/mol. The molecule has 1 rings (SSSR count). The van der Waals surface area contributed by atoms with E-state index >= 15 is 0 Å². The number of hydrogen-bond donors (Lipinski definition) is 3. The number of hydrogen-bond acceptors (Lipinski definition) is 5. The first-order chi connectivity index (χ1) is 7.69. The van der Waals surface area contributed by atoms with Gasteiger partial charge in [0.05, 0.1) is 18.2 Å². The van der Waals surface area contributed by atoms with Crippen LogP contribution < -0.4 is 11.1 Å². The number of carbonyl (C=O) groups is 2. The molecule has 1 aliphatic carbocycles. The van der Waals surface area contributed by atoms with Gasteiger partial charge in [-0.1, -0.05) is 0 Å². The van der Waals surface area contributed by atoms with Crippen LogP contribution in [0.4, 0.5) is 4.79 Å². The number of rotatable bonds is 1. The largest absolute Gasteiger partial charge is 0.444 e. The van der Waals surface area contributed by atoms with Gasteiger partial charge in [0.25, 0.3) is 0 Å². The van der Waals surface area contributed by atoms with E-state index in [0.29, 0.717) is 0 Å². The van der Waals surface area contributed by atoms with Crippen LogP contribution in [0.25, 0.3) is 0 Å². The highest BCUT2D eigenvalue weighted by molar-refractivity contribution is 5.85. The van der Waals surface area contributed by atoms with Gasteiger partial charge in [-0.2, -0.15) is 0 Å². The van der Waals surface area contributed by atoms with Gasteiger partial charge in [-0.3, -0.25) is 4.79 Å². The van der Waals surface area contributed by atoms with E-state index in [2.05, 4.69) is 5.32 Å². The van der Waals surface area contributed by atoms with Crippen LogP contribution in [0.15, 0.2) is 0 Å². The maximum absolute atomic E-state index is 11.5. The molecule has 6 nitrogen and oxygen atoms in total. The smallest absolute Gasteiger partial charge is 0.407 e. The standard InChI is InChI=1S/C11H20N2O4/c1-11(2,3)17-10(16)13-7-4-6(12)8(14)5-9(7)15/h6-7,9,15H,4-5,12H2,1-3H3,(H,13,16)/t6?,7-,9-/m1/s1. The van der Waals surface area contributed by atoms with E-state index in [1.54, 1.807) is 20.8 Å². The Hall–Kier alpha value is -1.14. The molecule has 1 fully saturated rings. The average Bonchev–Trinajstić information content (AvgIpc) is 2.11. The summed E-state index contributed by atoms with van der Waals surface area (Å²) in [6, 6.07) is -1.16. The first-order valence-electron chi connectivity index (χ1n) is 5.65. The molecule has 98 valence electrons. The molecule has 0 aliphatic heterocycles. The number of carbonyl (C=O) groups excluding carboxylic acids is 2. The first-order valence-corrected chi connectivity index (χ1v) is 5.65. The summed E-state index contributed by atoms with van der Waals surface area (Å²) in [5, 5.41) is 12.2. The number of ether oxygens (including phenoxy) is 1. The van der Waals surface area contributed by atoms with Crippen molar-refractivity contribution in [2.75, 3.05) is 0 Å². The third-order valence-electron chi connectivity index (χ3n) is 2.50. The number of Topliss-reactive ketones (excluding diaryl/α,β-unsaturated/α-hetero) is 1. The molecule has 1 aliphatic rings. The predicted octanol–water partition coefficient (Wildman–Crippen LogP) is -0.0692. The molecule has 0 saturated heterocycles. The minimum absolute atomic E-state index is 0.0262. The Balaban J connectivity index is 2.51. The van der Waals surface area contributed by atoms with E-state index in [1.165, 1.54) is 0 Å². The molecule has 0 spiro atoms. The lowest BCUT2D eigenvalue weighted by Crippen LogP contribution is -2.54. The fourth-order valence-corrected chi connectivity index (χ4v) is 1.68. The van der Waals surface area contributed by atoms with Crippen molar-refractivity contribution >= 4 is 11.9 Å². The third kappa shape index (κ3) is 4.32. The number of aliphatic hydroxyl groups is 1. The summed E-state index contributed by atoms with van der Waals surface area (Å²) < 4.78 is 5.06. The summed E-state index contributed by atoms with van der Waals surface area (Å²) in [6.45, 7) is 5.25. The second-order valence-electron chi connectivity index (χ2n) is 5.33. The number of aliphatic hydroxyl groups excluding tert-OH is 1. The van der Waals surface area contributed by atoms with E-state index in [0.717, 1.165) is 0 Å². The van der Waals surface area contributed by atoms with Crippen LogP contribution in [0.1, 0.15) is 33.6 Å². The highest BCUT2D eigenvalue weighted by Crippen LogP contribution is 2.16. The second kappa shape index (κ2) is 5.01. The summed E-state index contributed by atoms with van der Waals surface area (Å²) in [7, 11) is 0. The Morgan fingerprint density at radius 1 is 1.53 bits per heavy atom. The van der Waals surface area contributed by atoms with E-state index in [9.17, 15) is 14.7 Å². The molecular formula is C11H20N2O4. The fourth-order valence-electron chi connectivity index (χ4n) is 1.68. The van der Waals surface area contributed by atoms with Crippen LogP contribution in [-0.4, -0.2) is 40.8 Å². The second-order valence-corrected chi connectivity index (χ2v) is 5.33. The van der Waals surface area contributed by atoms with E-state index < -0.39 is 29.9 Å². The van der Waals surface area contributed by atoms with Gasteiger partial charge in [-0.05, 0) is 27.2 Å². The van der Waals surface area contributed by atoms with Gasteiger partial charge >= 0.3 is 6.09 Å². The van der Waals surface area contributed by atoms with Crippen LogP contribution >= 0.6 is 0 Å². The van der Waals surface area contributed by atoms with Gasteiger partial charge in [0.2, 0.25) is 0 Å². The lowest BCUT2D eigenvalue weighted by atomic mass is 9.88. The zero-order chi connectivity index (χ0) is 13.2. The van der Waals surface area contributed by atoms with Crippen molar-refractivity contribution in [2.24, 2.45) is 5.73 Å². The maximum Gasteiger partial charge on any atom is 0.407 e. The van der Waals surface area contributed by atoms with Crippen molar-refractivity contribution in [3.8, 4) is 0 Å². The molecule has 0 heterocycles. The predicted molar refractivity (Wildman–Crippen MR) is 61.4 cm³/mol. The summed E-state index contributed by atoms with van der Waals surface area (Å²) >= 11 is 0. The molecule has 1 amide bonds. The zero-order valence-corrected chi connectivity index (χ0v) is 10.4. The van der Waals surface area contributed by atoms with Crippen molar-refractivity contribution in [1.29, 1.82) is 0 Å². The number of nitrogens with one attached hydrogen (secondary N) is 1. The summed E-state index contributed by atoms with van der Waals surface area (Å²) in [5.41, 5.74) is 4.99. The van der Waals surface area contributed by atoms with Gasteiger partial charge < -0.3 is 20.9 Å². The Labute approximate surface area is 101 Å². The average molecular weight is 244 g/mol. The van der Waals surface area contributed by atoms with Crippen LogP contribution in [0.3, 0.4) is 0 Å². The lowest BCUT2D eigenvalue weighted by molar-refractivity contribution is -0.125. The van der Waals surface area contributed by atoms with Crippen LogP contribution in [0, 0.1) is 0 Å². The van der Waals surface area contributed by atoms with Crippen molar-refractivity contribution < 1.29 is 19.4 Å². The van der Waals surface area contributed by atoms with Crippen LogP contribution in [0.2, 0.25) is 0 Å². The van der Waals surface area contributed by atoms with Crippen molar-refractivity contribution in [2.45, 2.75) is 57.4 Å². The molecular weight excluding hydrogens is 224 g/mol. The molecule has 1 unspecified atom stereocenters. The van der Waals surface area contributed by atoms with Crippen molar-refractivity contribution in [3.05, 3.63) is 0 Å². The minimum atomic E-state index is -0.894. The number of amides is 1. The van der Waals surface area contributed by atoms with Crippen molar-refractivity contribution in [1.82, 2.24) is 5.32 Å². The van der Waals surface area contributed by atoms with Gasteiger partial charge in [-0.25, -0.2) is 4.79 Å². The highest BCUT2D eigenvalue weighted by atomic mass is 16.6. The van der Waals surface area contributed by atoms with Gasteiger partial charge in [-0.15, -0.1) is 0 Å². The molecule has 0 radical (unpaired) electrons. The number of nitrogens with two attached hydrogens (primary N) is 1. The molecule has 6 heteroatoms. The molecule has 0 aromatic rings. The molecule has 1 saturated carbocycles. The summed E-state index contributed by atoms with van der Waals surface area (Å²) in [6.07, 6.45) is -1.29. The highest BCUT2D eigenvalue weighted by Gasteiger charge is 2.34. The summed E-state index contributed by atoms with van der Waals surface area (Å²) in [5.74, 6) is -0.181. The Morgan fingerprint density at radius 3 is 2.65 bits per heavy atom. The van der Waals surface area contributed by atoms with E-state index in [-0.39, 0.29) is 18.6 Å². The normalized spacial score (nSPS) is 29.9. The van der Waals surface area contributed by atoms with E-state index in [4.69, 9.17) is 10.5 Å². The molecule has 0 bridgehead atoms. The molecule has 3 atom stereocenters. The fraction of sp³-hybridized carbons (Fsp3) is 0.818. The topological polar surface area (TPSA) is 102 Å². The van der Waals surface area contributed by atoms with Gasteiger partial charge in [0, 0.05) is 6.42 Å². The number of alkyl carbamates (subject to hydrolysis) is 1. The lowest BCUT2D eigenvalue weighted by Gasteiger charge is -2.31. The molecule has 17 heavy (non-hydrogen) atoms. The molecule has 0 aromatic carbocycles. The van der Waals surface area contributed by atoms with Gasteiger partial charge in [0.15, 0.2) is 5.78 Å². The Bertz CT molecular complexity index is 311. The zero-order valence-electron chi connectivity index (χ0n) is 10.4. The minimum Gasteiger partial charge on any atom is -0.444 e. The molecule has 4 N–H and O–H groups in total. The van der Waals surface area contributed by atoms with Crippen molar-refractivity contribution in [3.63, 3.8) is 0 Å². The number of ketones is 1. The third-order valence-corrected chi connectivity index (χ3v) is 2.50. The Kier molecular flexibility index (Phi) is 4.11.